The van der Waals surface area contributed by atoms with Crippen molar-refractivity contribution in [1.29, 1.82) is 0 Å². The van der Waals surface area contributed by atoms with E-state index in [1.165, 1.54) is 23.1 Å². The van der Waals surface area contributed by atoms with E-state index in [1.54, 1.807) is 24.8 Å². The van der Waals surface area contributed by atoms with E-state index >= 15 is 0 Å². The first kappa shape index (κ1) is 32.4. The molecule has 201 valence electrons. The van der Waals surface area contributed by atoms with Crippen LogP contribution < -0.4 is 0 Å². The van der Waals surface area contributed by atoms with Gasteiger partial charge in [0, 0.05) is 58.3 Å². The summed E-state index contributed by atoms with van der Waals surface area (Å²) in [5, 5.41) is 0. The Labute approximate surface area is 239 Å². The number of para-hydroxylation sites is 2. The summed E-state index contributed by atoms with van der Waals surface area (Å²) in [5.41, 5.74) is 4.06. The van der Waals surface area contributed by atoms with Gasteiger partial charge in [-0.25, -0.2) is 15.0 Å². The standard InChI is InChI=1S/2C9H9N3.C8H8N2.2CH4.ClH.Os/c2*1-12-7-6-11-9(12)8-4-2-3-5-10-8;1-10-6-9-7-4-2-3-5-8(7)10;;;;/h2*2-7H,1H3;2-6H,1H3;2*1H4;1H;/q;;;;;;+1/p-1. The molecule has 6 aromatic rings. The van der Waals surface area contributed by atoms with E-state index in [1.807, 2.05) is 108 Å². The molecule has 1 aromatic carbocycles. The Kier molecular flexibility index (Phi) is 14.4. The molecule has 0 N–H and O–H groups in total. The fraction of sp³-hybridized carbons (Fsp3) is 0.179. The molecule has 10 heteroatoms. The zero-order valence-corrected chi connectivity index (χ0v) is 23.4. The molecule has 0 aliphatic rings. The first-order valence-corrected chi connectivity index (χ1v) is 14.0. The van der Waals surface area contributed by atoms with E-state index in [4.69, 9.17) is 0 Å². The van der Waals surface area contributed by atoms with Gasteiger partial charge in [0.1, 0.15) is 11.4 Å². The van der Waals surface area contributed by atoms with Gasteiger partial charge in [0.25, 0.3) is 0 Å². The number of hydrogen-bond acceptors (Lipinski definition) is 5. The summed E-state index contributed by atoms with van der Waals surface area (Å²) in [4.78, 5) is 21.0. The first-order chi connectivity index (χ1) is 17.6. The molecular formula is C28H34ClN8Os. The predicted octanol–water partition coefficient (Wildman–Crippen LogP) is 6.50. The number of halogens is 1. The van der Waals surface area contributed by atoms with Crippen molar-refractivity contribution in [3.8, 4) is 23.0 Å². The Morgan fingerprint density at radius 1 is 0.553 bits per heavy atom. The number of fused-ring (bicyclic) bond motifs is 1. The van der Waals surface area contributed by atoms with Crippen molar-refractivity contribution in [1.82, 2.24) is 38.6 Å². The third-order valence-electron chi connectivity index (χ3n) is 5.06. The van der Waals surface area contributed by atoms with E-state index in [0.717, 1.165) is 28.6 Å². The van der Waals surface area contributed by atoms with Gasteiger partial charge in [-0.05, 0) is 36.4 Å². The first-order valence-electron chi connectivity index (χ1n) is 10.9. The second-order valence-electron chi connectivity index (χ2n) is 7.50. The number of imidazole rings is 3. The molecule has 8 nitrogen and oxygen atoms in total. The Morgan fingerprint density at radius 3 is 1.42 bits per heavy atom. The third-order valence-corrected chi connectivity index (χ3v) is 5.06. The van der Waals surface area contributed by atoms with E-state index in [2.05, 4.69) is 40.6 Å². The summed E-state index contributed by atoms with van der Waals surface area (Å²) in [6, 6.07) is 19.7. The Bertz CT molecular complexity index is 1370. The van der Waals surface area contributed by atoms with Crippen LogP contribution in [0.2, 0.25) is 0 Å². The molecular weight excluding hydrogens is 674 g/mol. The van der Waals surface area contributed by atoms with Gasteiger partial charge < -0.3 is 13.7 Å². The monoisotopic (exact) mass is 709 g/mol. The molecule has 0 atom stereocenters. The van der Waals surface area contributed by atoms with Gasteiger partial charge in [-0.2, -0.15) is 0 Å². The molecule has 6 rings (SSSR count). The molecule has 0 aliphatic heterocycles. The zero-order chi connectivity index (χ0) is 25.8. The second kappa shape index (κ2) is 17.0. The number of nitrogens with zero attached hydrogens (tertiary/aromatic N) is 8. The molecule has 0 saturated heterocycles. The predicted molar refractivity (Wildman–Crippen MR) is 153 cm³/mol. The molecule has 0 amide bonds. The van der Waals surface area contributed by atoms with Gasteiger partial charge in [0.2, 0.25) is 0 Å². The molecule has 38 heavy (non-hydrogen) atoms. The van der Waals surface area contributed by atoms with Gasteiger partial charge in [-0.1, -0.05) is 39.1 Å². The second-order valence-corrected chi connectivity index (χ2v) is 7.50. The van der Waals surface area contributed by atoms with Gasteiger partial charge in [-0.15, -0.1) is 0 Å². The van der Waals surface area contributed by atoms with Gasteiger partial charge >= 0.3 is 27.2 Å². The summed E-state index contributed by atoms with van der Waals surface area (Å²) in [6.07, 6.45) is 12.7. The molecule has 5 heterocycles. The van der Waals surface area contributed by atoms with Crippen LogP contribution in [0, 0.1) is 0 Å². The zero-order valence-electron chi connectivity index (χ0n) is 20.1. The quantitative estimate of drug-likeness (QED) is 0.206. The number of aryl methyl sites for hydroxylation is 3. The summed E-state index contributed by atoms with van der Waals surface area (Å²) < 4.78 is 5.90. The van der Waals surface area contributed by atoms with Crippen LogP contribution in [0.25, 0.3) is 34.1 Å². The number of pyridine rings is 2. The van der Waals surface area contributed by atoms with E-state index < -0.39 is 0 Å². The SMILES string of the molecule is C.C.Cn1ccnc1-c1ccccn1.Cn1ccnc1-c1ccccn1.Cn1cnc2ccccc21.[Cl][Os]. The van der Waals surface area contributed by atoms with E-state index in [-0.39, 0.29) is 14.9 Å². The molecule has 5 aromatic heterocycles. The summed E-state index contributed by atoms with van der Waals surface area (Å²) in [7, 11) is 10.6. The van der Waals surface area contributed by atoms with Crippen molar-refractivity contribution in [2.45, 2.75) is 14.9 Å². The molecule has 0 aliphatic carbocycles. The normalized spacial score (nSPS) is 9.29. The fourth-order valence-corrected chi connectivity index (χ4v) is 3.30. The van der Waals surface area contributed by atoms with Crippen molar-refractivity contribution in [2.75, 3.05) is 0 Å². The van der Waals surface area contributed by atoms with Crippen molar-refractivity contribution in [2.24, 2.45) is 21.1 Å². The summed E-state index contributed by atoms with van der Waals surface area (Å²) in [5.74, 6) is 1.80. The van der Waals surface area contributed by atoms with Crippen LogP contribution in [-0.2, 0) is 38.7 Å². The van der Waals surface area contributed by atoms with Crippen molar-refractivity contribution in [3.63, 3.8) is 0 Å². The molecule has 0 unspecified atom stereocenters. The number of rotatable bonds is 2. The number of hydrogen-bond donors (Lipinski definition) is 0. The van der Waals surface area contributed by atoms with Gasteiger partial charge in [0.05, 0.1) is 17.4 Å². The van der Waals surface area contributed by atoms with Crippen molar-refractivity contribution >= 4 is 20.7 Å². The molecule has 0 bridgehead atoms. The molecule has 0 spiro atoms. The van der Waals surface area contributed by atoms with E-state index in [9.17, 15) is 0 Å². The molecule has 0 saturated carbocycles. The Balaban J connectivity index is 0.000000270. The van der Waals surface area contributed by atoms with Crippen LogP contribution in [0.3, 0.4) is 0 Å². The molecule has 0 fully saturated rings. The van der Waals surface area contributed by atoms with Crippen molar-refractivity contribution < 1.29 is 17.6 Å². The summed E-state index contributed by atoms with van der Waals surface area (Å²) >= 11 is 1.33. The average molecular weight is 708 g/mol. The summed E-state index contributed by atoms with van der Waals surface area (Å²) in [6.45, 7) is 0. The van der Waals surface area contributed by atoms with Crippen LogP contribution in [0.5, 0.6) is 0 Å². The maximum absolute atomic E-state index is 4.67. The van der Waals surface area contributed by atoms with Crippen molar-refractivity contribution in [3.05, 3.63) is 104 Å². The minimum atomic E-state index is 0. The van der Waals surface area contributed by atoms with Crippen LogP contribution in [0.4, 0.5) is 0 Å². The van der Waals surface area contributed by atoms with E-state index in [0.29, 0.717) is 0 Å². The van der Waals surface area contributed by atoms with Gasteiger partial charge in [-0.3, -0.25) is 9.97 Å². The average Bonchev–Trinajstić information content (AvgIpc) is 3.67. The Morgan fingerprint density at radius 2 is 1.03 bits per heavy atom. The Hall–Kier alpha value is -3.66. The van der Waals surface area contributed by atoms with Crippen LogP contribution in [0.1, 0.15) is 14.9 Å². The van der Waals surface area contributed by atoms with Crippen LogP contribution in [-0.4, -0.2) is 38.6 Å². The maximum atomic E-state index is 4.67. The van der Waals surface area contributed by atoms with Gasteiger partial charge in [0.15, 0.2) is 11.6 Å². The minimum absolute atomic E-state index is 0. The van der Waals surface area contributed by atoms with Crippen LogP contribution in [0.15, 0.2) is 104 Å². The number of aromatic nitrogens is 8. The number of benzene rings is 1. The fourth-order valence-electron chi connectivity index (χ4n) is 3.30. The van der Waals surface area contributed by atoms with Crippen LogP contribution >= 0.6 is 9.64 Å². The third kappa shape index (κ3) is 8.72. The topological polar surface area (TPSA) is 79.2 Å². The molecule has 0 radical (unpaired) electrons.